The third-order valence-corrected chi connectivity index (χ3v) is 5.54. The molecule has 0 unspecified atom stereocenters. The van der Waals surface area contributed by atoms with Crippen LogP contribution in [0.2, 0.25) is 0 Å². The van der Waals surface area contributed by atoms with E-state index >= 15 is 0 Å². The van der Waals surface area contributed by atoms with E-state index in [-0.39, 0.29) is 36.9 Å². The van der Waals surface area contributed by atoms with E-state index in [0.717, 1.165) is 18.4 Å². The third kappa shape index (κ3) is 3.51. The molecule has 1 aromatic rings. The number of amides is 5. The van der Waals surface area contributed by atoms with Crippen molar-refractivity contribution >= 4 is 23.8 Å². The van der Waals surface area contributed by atoms with E-state index in [0.29, 0.717) is 19.6 Å². The standard InChI is InChI=1S/C19H22N4O4/c24-16-11-22(19(27)20-16)12-17(25)21-9-14-6-7-15(10-21)23(18(14)26)8-13-4-2-1-3-5-13/h1-5,14-15H,6-12H2,(H,20,24,27)/t14-,15+/m0/s1. The number of fused-ring (bicyclic) bond motifs is 4. The summed E-state index contributed by atoms with van der Waals surface area (Å²) in [6.07, 6.45) is 1.65. The van der Waals surface area contributed by atoms with Crippen molar-refractivity contribution in [2.45, 2.75) is 25.4 Å². The third-order valence-electron chi connectivity index (χ3n) is 5.54. The van der Waals surface area contributed by atoms with Crippen molar-refractivity contribution in [3.63, 3.8) is 0 Å². The molecule has 142 valence electrons. The number of hydrogen-bond acceptors (Lipinski definition) is 4. The number of rotatable bonds is 4. The second kappa shape index (κ2) is 7.02. The summed E-state index contributed by atoms with van der Waals surface area (Å²) in [7, 11) is 0. The number of urea groups is 1. The van der Waals surface area contributed by atoms with E-state index in [4.69, 9.17) is 0 Å². The lowest BCUT2D eigenvalue weighted by molar-refractivity contribution is -0.140. The second-order valence-corrected chi connectivity index (χ2v) is 7.39. The summed E-state index contributed by atoms with van der Waals surface area (Å²) < 4.78 is 0. The first-order valence-corrected chi connectivity index (χ1v) is 9.22. The molecule has 27 heavy (non-hydrogen) atoms. The number of carbonyl (C=O) groups is 4. The molecule has 8 heteroatoms. The van der Waals surface area contributed by atoms with Gasteiger partial charge in [-0.1, -0.05) is 30.3 Å². The maximum Gasteiger partial charge on any atom is 0.325 e. The van der Waals surface area contributed by atoms with Crippen molar-refractivity contribution in [3.8, 4) is 0 Å². The first-order chi connectivity index (χ1) is 13.0. The van der Waals surface area contributed by atoms with Crippen LogP contribution in [0, 0.1) is 5.92 Å². The smallest absolute Gasteiger partial charge is 0.325 e. The normalized spacial score (nSPS) is 25.0. The number of nitrogens with one attached hydrogen (secondary N) is 1. The first-order valence-electron chi connectivity index (χ1n) is 9.22. The molecule has 8 nitrogen and oxygen atoms in total. The zero-order valence-corrected chi connectivity index (χ0v) is 15.0. The molecule has 4 heterocycles. The monoisotopic (exact) mass is 370 g/mol. The molecule has 0 spiro atoms. The Bertz CT molecular complexity index is 781. The Balaban J connectivity index is 1.45. The zero-order chi connectivity index (χ0) is 19.0. The highest BCUT2D eigenvalue weighted by Gasteiger charge is 2.42. The lowest BCUT2D eigenvalue weighted by Crippen LogP contribution is -2.48. The van der Waals surface area contributed by atoms with Crippen LogP contribution in [-0.2, 0) is 20.9 Å². The van der Waals surface area contributed by atoms with E-state index in [1.54, 1.807) is 4.90 Å². The van der Waals surface area contributed by atoms with Crippen LogP contribution < -0.4 is 5.32 Å². The Morgan fingerprint density at radius 3 is 2.56 bits per heavy atom. The average molecular weight is 370 g/mol. The molecule has 4 fully saturated rings. The topological polar surface area (TPSA) is 90.0 Å². The molecule has 0 saturated carbocycles. The van der Waals surface area contributed by atoms with Crippen molar-refractivity contribution in [1.82, 2.24) is 20.0 Å². The summed E-state index contributed by atoms with van der Waals surface area (Å²) in [6, 6.07) is 9.29. The van der Waals surface area contributed by atoms with Gasteiger partial charge in [0.05, 0.1) is 5.92 Å². The van der Waals surface area contributed by atoms with Gasteiger partial charge in [0.15, 0.2) is 0 Å². The lowest BCUT2D eigenvalue weighted by atomic mass is 9.93. The van der Waals surface area contributed by atoms with Crippen LogP contribution in [-0.4, -0.2) is 70.7 Å². The molecule has 4 aliphatic rings. The molecule has 1 N–H and O–H groups in total. The van der Waals surface area contributed by atoms with Gasteiger partial charge in [-0.25, -0.2) is 4.79 Å². The van der Waals surface area contributed by atoms with Crippen LogP contribution in [0.15, 0.2) is 30.3 Å². The first kappa shape index (κ1) is 17.5. The van der Waals surface area contributed by atoms with E-state index < -0.39 is 11.9 Å². The Labute approximate surface area is 157 Å². The van der Waals surface area contributed by atoms with Crippen LogP contribution in [0.5, 0.6) is 0 Å². The van der Waals surface area contributed by atoms with Crippen LogP contribution >= 0.6 is 0 Å². The van der Waals surface area contributed by atoms with Crippen molar-refractivity contribution in [2.24, 2.45) is 5.92 Å². The lowest BCUT2D eigenvalue weighted by Gasteiger charge is -2.36. The summed E-state index contributed by atoms with van der Waals surface area (Å²) in [4.78, 5) is 53.4. The molecular weight excluding hydrogens is 348 g/mol. The minimum absolute atomic E-state index is 0.0190. The minimum Gasteiger partial charge on any atom is -0.338 e. The highest BCUT2D eigenvalue weighted by molar-refractivity contribution is 6.03. The number of carbonyl (C=O) groups excluding carboxylic acids is 4. The van der Waals surface area contributed by atoms with Gasteiger partial charge in [-0.2, -0.15) is 0 Å². The zero-order valence-electron chi connectivity index (χ0n) is 15.0. The van der Waals surface area contributed by atoms with Gasteiger partial charge in [0, 0.05) is 25.7 Å². The number of piperidine rings is 1. The molecule has 4 saturated heterocycles. The molecule has 5 rings (SSSR count). The summed E-state index contributed by atoms with van der Waals surface area (Å²) in [6.45, 7) is 1.17. The molecule has 0 aromatic heterocycles. The van der Waals surface area contributed by atoms with E-state index in [9.17, 15) is 19.2 Å². The van der Waals surface area contributed by atoms with Gasteiger partial charge in [-0.3, -0.25) is 19.7 Å². The molecule has 1 aromatic carbocycles. The molecule has 5 amide bonds. The van der Waals surface area contributed by atoms with E-state index in [2.05, 4.69) is 5.32 Å². The fourth-order valence-corrected chi connectivity index (χ4v) is 4.11. The van der Waals surface area contributed by atoms with Crippen molar-refractivity contribution in [2.75, 3.05) is 26.2 Å². The summed E-state index contributed by atoms with van der Waals surface area (Å²) >= 11 is 0. The van der Waals surface area contributed by atoms with Crippen molar-refractivity contribution < 1.29 is 19.2 Å². The summed E-state index contributed by atoms with van der Waals surface area (Å²) in [5.41, 5.74) is 1.07. The molecule has 0 aliphatic carbocycles. The Hall–Kier alpha value is -2.90. The van der Waals surface area contributed by atoms with Crippen molar-refractivity contribution in [3.05, 3.63) is 35.9 Å². The predicted molar refractivity (Wildman–Crippen MR) is 95.2 cm³/mol. The van der Waals surface area contributed by atoms with Gasteiger partial charge in [-0.15, -0.1) is 0 Å². The highest BCUT2D eigenvalue weighted by Crippen LogP contribution is 2.30. The molecular formula is C19H22N4O4. The predicted octanol–water partition coefficient (Wildman–Crippen LogP) is 0.188. The van der Waals surface area contributed by atoms with Gasteiger partial charge in [-0.05, 0) is 18.4 Å². The number of nitrogens with zero attached hydrogens (tertiary/aromatic N) is 3. The fourth-order valence-electron chi connectivity index (χ4n) is 4.11. The Kier molecular flexibility index (Phi) is 4.55. The van der Waals surface area contributed by atoms with Gasteiger partial charge in [0.25, 0.3) is 0 Å². The Morgan fingerprint density at radius 1 is 1.07 bits per heavy atom. The fraction of sp³-hybridized carbons (Fsp3) is 0.474. The van der Waals surface area contributed by atoms with Crippen molar-refractivity contribution in [1.29, 1.82) is 0 Å². The Morgan fingerprint density at radius 2 is 1.85 bits per heavy atom. The molecule has 4 aliphatic heterocycles. The largest absolute Gasteiger partial charge is 0.338 e. The van der Waals surface area contributed by atoms with Crippen LogP contribution in [0.3, 0.4) is 0 Å². The molecule has 2 atom stereocenters. The van der Waals surface area contributed by atoms with Crippen LogP contribution in [0.4, 0.5) is 4.79 Å². The van der Waals surface area contributed by atoms with Crippen LogP contribution in [0.1, 0.15) is 18.4 Å². The number of benzene rings is 1. The summed E-state index contributed by atoms with van der Waals surface area (Å²) in [5, 5.41) is 2.17. The second-order valence-electron chi connectivity index (χ2n) is 7.39. The summed E-state index contributed by atoms with van der Waals surface area (Å²) in [5.74, 6) is -0.719. The number of imide groups is 1. The number of hydrogen-bond donors (Lipinski definition) is 1. The van der Waals surface area contributed by atoms with Crippen LogP contribution in [0.25, 0.3) is 0 Å². The van der Waals surface area contributed by atoms with Gasteiger partial charge in [0.2, 0.25) is 17.7 Å². The van der Waals surface area contributed by atoms with E-state index in [1.165, 1.54) is 4.90 Å². The quantitative estimate of drug-likeness (QED) is 0.766. The van der Waals surface area contributed by atoms with Gasteiger partial charge in [0.1, 0.15) is 13.1 Å². The van der Waals surface area contributed by atoms with Gasteiger partial charge < -0.3 is 14.7 Å². The maximum absolute atomic E-state index is 12.9. The average Bonchev–Trinajstić information content (AvgIpc) is 2.82. The maximum atomic E-state index is 12.9. The van der Waals surface area contributed by atoms with E-state index in [1.807, 2.05) is 35.2 Å². The molecule has 2 bridgehead atoms. The molecule has 0 radical (unpaired) electrons. The minimum atomic E-state index is -0.534. The highest BCUT2D eigenvalue weighted by atomic mass is 16.2. The SMILES string of the molecule is O=C1CN(CC(=O)N2C[C@@H]3CC[C@H](C2)N(Cc2ccccc2)C3=O)C(=O)N1. The van der Waals surface area contributed by atoms with Gasteiger partial charge >= 0.3 is 6.03 Å².